The second-order valence-electron chi connectivity index (χ2n) is 3.64. The highest BCUT2D eigenvalue weighted by Gasteiger charge is 2.13. The molecule has 0 saturated carbocycles. The van der Waals surface area contributed by atoms with Gasteiger partial charge in [-0.2, -0.15) is 0 Å². The number of carbonyl (C=O) groups is 1. The van der Waals surface area contributed by atoms with Crippen LogP contribution in [0.2, 0.25) is 0 Å². The number of thiazole rings is 1. The molecule has 1 rings (SSSR count). The fraction of sp³-hybridized carbons (Fsp3) is 0.600. The minimum atomic E-state index is -0.361. The van der Waals surface area contributed by atoms with Crippen molar-refractivity contribution in [2.24, 2.45) is 0 Å². The zero-order valence-electron chi connectivity index (χ0n) is 9.78. The van der Waals surface area contributed by atoms with Crippen molar-refractivity contribution < 1.29 is 14.6 Å². The lowest BCUT2D eigenvalue weighted by molar-refractivity contribution is -0.121. The lowest BCUT2D eigenvalue weighted by Gasteiger charge is -2.14. The van der Waals surface area contributed by atoms with Crippen LogP contribution >= 0.6 is 23.6 Å². The largest absolute Gasteiger partial charge is 0.394 e. The number of aromatic amines is 1. The molecule has 0 fully saturated rings. The Kier molecular flexibility index (Phi) is 5.76. The Balaban J connectivity index is 2.54. The number of H-pyrrole nitrogens is 1. The molecular formula is C10H16N2O3S2. The van der Waals surface area contributed by atoms with E-state index in [1.807, 2.05) is 6.92 Å². The Morgan fingerprint density at radius 3 is 2.88 bits per heavy atom. The van der Waals surface area contributed by atoms with Crippen molar-refractivity contribution >= 4 is 29.5 Å². The summed E-state index contributed by atoms with van der Waals surface area (Å²) in [6.07, 6.45) is 0.268. The SMILES string of the molecule is COCC(CO)NC(=O)Cc1sc(=S)[nH]c1C. The van der Waals surface area contributed by atoms with Gasteiger partial charge in [-0.1, -0.05) is 0 Å². The Morgan fingerprint density at radius 2 is 2.41 bits per heavy atom. The second-order valence-corrected chi connectivity index (χ2v) is 5.41. The van der Waals surface area contributed by atoms with E-state index in [0.717, 1.165) is 10.6 Å². The van der Waals surface area contributed by atoms with Crippen LogP contribution < -0.4 is 5.32 Å². The number of rotatable bonds is 6. The first-order chi connectivity index (χ1) is 8.06. The van der Waals surface area contributed by atoms with Gasteiger partial charge in [-0.25, -0.2) is 0 Å². The lowest BCUT2D eigenvalue weighted by Crippen LogP contribution is -2.41. The molecule has 1 unspecified atom stereocenters. The molecular weight excluding hydrogens is 260 g/mol. The van der Waals surface area contributed by atoms with E-state index >= 15 is 0 Å². The Labute approximate surface area is 109 Å². The van der Waals surface area contributed by atoms with Crippen LogP contribution in [-0.4, -0.2) is 42.4 Å². The summed E-state index contributed by atoms with van der Waals surface area (Å²) in [6.45, 7) is 2.04. The van der Waals surface area contributed by atoms with E-state index in [0.29, 0.717) is 10.6 Å². The number of hydrogen-bond acceptors (Lipinski definition) is 5. The lowest BCUT2D eigenvalue weighted by atomic mass is 10.2. The van der Waals surface area contributed by atoms with E-state index < -0.39 is 0 Å². The van der Waals surface area contributed by atoms with Crippen molar-refractivity contribution in [3.05, 3.63) is 14.5 Å². The van der Waals surface area contributed by atoms with E-state index in [2.05, 4.69) is 10.3 Å². The quantitative estimate of drug-likeness (QED) is 0.671. The van der Waals surface area contributed by atoms with Crippen molar-refractivity contribution in [1.82, 2.24) is 10.3 Å². The number of methoxy groups -OCH3 is 1. The fourth-order valence-corrected chi connectivity index (χ4v) is 2.66. The van der Waals surface area contributed by atoms with Gasteiger partial charge < -0.3 is 20.1 Å². The Morgan fingerprint density at radius 1 is 1.71 bits per heavy atom. The summed E-state index contributed by atoms with van der Waals surface area (Å²) in [5.41, 5.74) is 0.919. The molecule has 1 atom stereocenters. The Hall–Kier alpha value is -0.760. The van der Waals surface area contributed by atoms with Gasteiger partial charge >= 0.3 is 0 Å². The third-order valence-corrected chi connectivity index (χ3v) is 3.53. The number of aliphatic hydroxyl groups excluding tert-OH is 1. The molecule has 0 spiro atoms. The first kappa shape index (κ1) is 14.3. The van der Waals surface area contributed by atoms with Gasteiger partial charge in [0.05, 0.1) is 25.7 Å². The van der Waals surface area contributed by atoms with Crippen LogP contribution in [0.5, 0.6) is 0 Å². The summed E-state index contributed by atoms with van der Waals surface area (Å²) in [6, 6.07) is -0.361. The number of aryl methyl sites for hydroxylation is 1. The summed E-state index contributed by atoms with van der Waals surface area (Å²) in [4.78, 5) is 15.6. The molecule has 0 aliphatic heterocycles. The van der Waals surface area contributed by atoms with Gasteiger partial charge in [-0.05, 0) is 19.1 Å². The first-order valence-electron chi connectivity index (χ1n) is 5.14. The number of hydrogen-bond donors (Lipinski definition) is 3. The molecule has 0 aromatic carbocycles. The van der Waals surface area contributed by atoms with Crippen molar-refractivity contribution in [2.75, 3.05) is 20.3 Å². The molecule has 0 radical (unpaired) electrons. The maximum atomic E-state index is 11.7. The highest BCUT2D eigenvalue weighted by molar-refractivity contribution is 7.73. The van der Waals surface area contributed by atoms with Crippen LogP contribution in [0.3, 0.4) is 0 Å². The monoisotopic (exact) mass is 276 g/mol. The highest BCUT2D eigenvalue weighted by Crippen LogP contribution is 2.14. The van der Waals surface area contributed by atoms with E-state index in [1.54, 1.807) is 0 Å². The number of aliphatic hydroxyl groups is 1. The fourth-order valence-electron chi connectivity index (χ4n) is 1.37. The van der Waals surface area contributed by atoms with Crippen LogP contribution in [0.4, 0.5) is 0 Å². The molecule has 7 heteroatoms. The zero-order valence-corrected chi connectivity index (χ0v) is 11.4. The van der Waals surface area contributed by atoms with Gasteiger partial charge in [0, 0.05) is 17.7 Å². The van der Waals surface area contributed by atoms with Crippen LogP contribution in [0.15, 0.2) is 0 Å². The molecule has 5 nitrogen and oxygen atoms in total. The van der Waals surface area contributed by atoms with Crippen LogP contribution in [0, 0.1) is 10.9 Å². The third kappa shape index (κ3) is 4.55. The molecule has 17 heavy (non-hydrogen) atoms. The van der Waals surface area contributed by atoms with Gasteiger partial charge in [-0.15, -0.1) is 11.3 Å². The molecule has 1 heterocycles. The third-order valence-electron chi connectivity index (χ3n) is 2.20. The average molecular weight is 276 g/mol. The molecule has 0 aliphatic rings. The maximum absolute atomic E-state index is 11.7. The van der Waals surface area contributed by atoms with Gasteiger partial charge in [-0.3, -0.25) is 4.79 Å². The van der Waals surface area contributed by atoms with E-state index in [1.165, 1.54) is 18.4 Å². The predicted octanol–water partition coefficient (Wildman–Crippen LogP) is 0.780. The van der Waals surface area contributed by atoms with Crippen molar-refractivity contribution in [3.63, 3.8) is 0 Å². The molecule has 0 aliphatic carbocycles. The molecule has 0 saturated heterocycles. The van der Waals surface area contributed by atoms with Gasteiger partial charge in [0.15, 0.2) is 3.95 Å². The van der Waals surface area contributed by atoms with Crippen molar-refractivity contribution in [1.29, 1.82) is 0 Å². The van der Waals surface area contributed by atoms with Crippen LogP contribution in [0.25, 0.3) is 0 Å². The van der Waals surface area contributed by atoms with E-state index in [9.17, 15) is 4.79 Å². The minimum absolute atomic E-state index is 0.137. The standard InChI is InChI=1S/C10H16N2O3S2/c1-6-8(17-10(16)11-6)3-9(14)12-7(4-13)5-15-2/h7,13H,3-5H2,1-2H3,(H,11,16)(H,12,14). The summed E-state index contributed by atoms with van der Waals surface area (Å²) < 4.78 is 5.55. The maximum Gasteiger partial charge on any atom is 0.225 e. The number of aromatic nitrogens is 1. The second kappa shape index (κ2) is 6.85. The average Bonchev–Trinajstić information content (AvgIpc) is 2.56. The number of amides is 1. The van der Waals surface area contributed by atoms with Gasteiger partial charge in [0.2, 0.25) is 5.91 Å². The molecule has 3 N–H and O–H groups in total. The Bertz CT molecular complexity index is 427. The zero-order chi connectivity index (χ0) is 12.8. The van der Waals surface area contributed by atoms with E-state index in [-0.39, 0.29) is 25.0 Å². The molecule has 1 amide bonds. The van der Waals surface area contributed by atoms with Crippen LogP contribution in [0.1, 0.15) is 10.6 Å². The smallest absolute Gasteiger partial charge is 0.225 e. The highest BCUT2D eigenvalue weighted by atomic mass is 32.1. The first-order valence-corrected chi connectivity index (χ1v) is 6.37. The predicted molar refractivity (Wildman–Crippen MR) is 68.8 cm³/mol. The number of ether oxygens (including phenoxy) is 1. The number of nitrogens with one attached hydrogen (secondary N) is 2. The summed E-state index contributed by atoms with van der Waals surface area (Å²) in [7, 11) is 1.52. The summed E-state index contributed by atoms with van der Waals surface area (Å²) in [5.74, 6) is -0.144. The molecule has 96 valence electrons. The number of carbonyl (C=O) groups excluding carboxylic acids is 1. The van der Waals surface area contributed by atoms with Gasteiger partial charge in [0.25, 0.3) is 0 Å². The summed E-state index contributed by atoms with van der Waals surface area (Å²) >= 11 is 6.39. The topological polar surface area (TPSA) is 74.3 Å². The molecule has 1 aromatic rings. The van der Waals surface area contributed by atoms with Crippen LogP contribution in [-0.2, 0) is 16.0 Å². The molecule has 0 bridgehead atoms. The van der Waals surface area contributed by atoms with Crippen molar-refractivity contribution in [3.8, 4) is 0 Å². The molecule has 1 aromatic heterocycles. The summed E-state index contributed by atoms with van der Waals surface area (Å²) in [5, 5.41) is 11.7. The normalized spacial score (nSPS) is 12.4. The minimum Gasteiger partial charge on any atom is -0.394 e. The van der Waals surface area contributed by atoms with Crippen molar-refractivity contribution in [2.45, 2.75) is 19.4 Å². The van der Waals surface area contributed by atoms with E-state index in [4.69, 9.17) is 22.1 Å². The van der Waals surface area contributed by atoms with Gasteiger partial charge in [0.1, 0.15) is 0 Å².